The summed E-state index contributed by atoms with van der Waals surface area (Å²) >= 11 is 17.0. The number of nitrogens with zero attached hydrogens (tertiary/aromatic N) is 11. The molecule has 62 heavy (non-hydrogen) atoms. The average Bonchev–Trinajstić information content (AvgIpc) is 3.85. The standard InChI is InChI=1S/C16H15ClN6O2.C10H12N4O.C6H4Cl2N2O.C5H4N2O4/c1-9(24)14-12(7-13(17)20-21-14)19-11-6-4-5-10(15(11)25-3)16-18-8-23(2)22-16;1-14-6-12-10(13-14)7-4-3-5-8(11)9(7)15-2;1-3(11)6-4(7)2-5(8)9-10-6;8-2-1-3(9)6-7-4(2)5(10)11/h4-8H,1-3H3,(H,19,20);3-6H,11H2,1-2H3;2H,1H3;1H,(H,10,11)(H2,6,8,9). The van der Waals surface area contributed by atoms with Crippen molar-refractivity contribution >= 4 is 69.4 Å². The van der Waals surface area contributed by atoms with Gasteiger partial charge in [0.15, 0.2) is 56.5 Å². The number of hydrogen-bond donors (Lipinski definition) is 5. The van der Waals surface area contributed by atoms with Crippen LogP contribution >= 0.6 is 34.8 Å². The Morgan fingerprint density at radius 3 is 1.76 bits per heavy atom. The molecule has 5 heterocycles. The molecule has 0 unspecified atom stereocenters. The number of benzene rings is 2. The second-order valence-corrected chi connectivity index (χ2v) is 13.3. The number of hydrogen-bond acceptors (Lipinski definition) is 18. The van der Waals surface area contributed by atoms with Crippen LogP contribution in [0.3, 0.4) is 0 Å². The number of carbonyl (C=O) groups excluding carboxylic acids is 2. The monoisotopic (exact) mass is 908 g/mol. The van der Waals surface area contributed by atoms with Crippen LogP contribution in [-0.4, -0.2) is 102 Å². The van der Waals surface area contributed by atoms with Crippen molar-refractivity contribution in [2.24, 2.45) is 14.1 Å². The molecule has 0 saturated heterocycles. The van der Waals surface area contributed by atoms with E-state index in [1.54, 1.807) is 49.4 Å². The number of Topliss-reactive ketones (excluding diaryl/α,β-unsaturated/α-hetero) is 2. The van der Waals surface area contributed by atoms with E-state index in [0.29, 0.717) is 45.8 Å². The van der Waals surface area contributed by atoms with Gasteiger partial charge in [-0.15, -0.1) is 20.4 Å². The number of aromatic amines is 1. The third-order valence-electron chi connectivity index (χ3n) is 7.56. The Balaban J connectivity index is 0.000000195. The molecular weight excluding hydrogens is 875 g/mol. The van der Waals surface area contributed by atoms with Gasteiger partial charge in [0.1, 0.15) is 18.3 Å². The van der Waals surface area contributed by atoms with Crippen molar-refractivity contribution in [3.05, 3.63) is 110 Å². The first-order valence-corrected chi connectivity index (χ1v) is 18.4. The number of nitrogens with two attached hydrogens (primary N) is 1. The number of carboxylic acids is 1. The Kier molecular flexibility index (Phi) is 16.4. The summed E-state index contributed by atoms with van der Waals surface area (Å²) in [6.45, 7) is 2.78. The van der Waals surface area contributed by atoms with Gasteiger partial charge in [-0.1, -0.05) is 46.9 Å². The minimum atomic E-state index is -1.39. The van der Waals surface area contributed by atoms with Crippen molar-refractivity contribution in [3.63, 3.8) is 0 Å². The fourth-order valence-electron chi connectivity index (χ4n) is 4.92. The molecule has 22 nitrogen and oxygen atoms in total. The number of nitrogen functional groups attached to an aromatic ring is 1. The number of rotatable bonds is 9. The van der Waals surface area contributed by atoms with Crippen LogP contribution < -0.4 is 26.1 Å². The van der Waals surface area contributed by atoms with Crippen molar-refractivity contribution in [1.29, 1.82) is 0 Å². The zero-order chi connectivity index (χ0) is 45.7. The van der Waals surface area contributed by atoms with Crippen molar-refractivity contribution in [2.45, 2.75) is 13.8 Å². The van der Waals surface area contributed by atoms with E-state index >= 15 is 0 Å². The predicted molar refractivity (Wildman–Crippen MR) is 226 cm³/mol. The van der Waals surface area contributed by atoms with E-state index in [9.17, 15) is 19.2 Å². The molecule has 0 bridgehead atoms. The number of aromatic nitrogens is 12. The van der Waals surface area contributed by atoms with Gasteiger partial charge in [-0.25, -0.2) is 19.9 Å². The quantitative estimate of drug-likeness (QED) is 0.0928. The second kappa shape index (κ2) is 21.6. The number of methoxy groups -OCH3 is 2. The minimum absolute atomic E-state index is 0.149. The molecule has 0 radical (unpaired) electrons. The number of carbonyl (C=O) groups is 3. The summed E-state index contributed by atoms with van der Waals surface area (Å²) in [6, 6.07) is 14.7. The summed E-state index contributed by atoms with van der Waals surface area (Å²) in [5.41, 5.74) is 8.08. The molecule has 0 aliphatic carbocycles. The summed E-state index contributed by atoms with van der Waals surface area (Å²) in [6.07, 6.45) is 3.24. The molecule has 6 N–H and O–H groups in total. The molecule has 7 aromatic rings. The van der Waals surface area contributed by atoms with E-state index < -0.39 is 23.0 Å². The van der Waals surface area contributed by atoms with Gasteiger partial charge in [-0.3, -0.25) is 23.7 Å². The summed E-state index contributed by atoms with van der Waals surface area (Å²) < 4.78 is 14.0. The number of ketones is 2. The lowest BCUT2D eigenvalue weighted by molar-refractivity contribution is 0.0684. The summed E-state index contributed by atoms with van der Waals surface area (Å²) in [5.74, 6) is -0.186. The van der Waals surface area contributed by atoms with Crippen LogP contribution in [0.1, 0.15) is 45.3 Å². The molecule has 322 valence electrons. The topological polar surface area (TPSA) is 307 Å². The molecule has 0 atom stereocenters. The fourth-order valence-corrected chi connectivity index (χ4v) is 5.54. The smallest absolute Gasteiger partial charge is 0.360 e. The molecule has 0 spiro atoms. The van der Waals surface area contributed by atoms with Crippen LogP contribution in [0.2, 0.25) is 15.3 Å². The summed E-state index contributed by atoms with van der Waals surface area (Å²) in [4.78, 5) is 51.5. The lowest BCUT2D eigenvalue weighted by Crippen LogP contribution is -2.11. The largest absolute Gasteiger partial charge is 0.505 e. The van der Waals surface area contributed by atoms with Crippen molar-refractivity contribution in [3.8, 4) is 40.0 Å². The van der Waals surface area contributed by atoms with E-state index in [1.807, 2.05) is 42.5 Å². The van der Waals surface area contributed by atoms with E-state index in [4.69, 9.17) is 60.2 Å². The molecule has 0 fully saturated rings. The maximum absolute atomic E-state index is 11.8. The molecule has 0 aliphatic rings. The van der Waals surface area contributed by atoms with Crippen molar-refractivity contribution in [2.75, 3.05) is 25.3 Å². The number of aryl methyl sites for hydroxylation is 2. The third-order valence-corrected chi connectivity index (χ3v) is 8.22. The molecular formula is C37H35Cl3N14O8. The summed E-state index contributed by atoms with van der Waals surface area (Å²) in [7, 11) is 6.73. The van der Waals surface area contributed by atoms with Gasteiger partial charge in [-0.05, 0) is 30.3 Å². The van der Waals surface area contributed by atoms with Gasteiger partial charge in [0, 0.05) is 40.1 Å². The van der Waals surface area contributed by atoms with Crippen LogP contribution in [0.5, 0.6) is 17.2 Å². The van der Waals surface area contributed by atoms with E-state index in [0.717, 1.165) is 11.6 Å². The number of aromatic carboxylic acids is 1. The molecule has 2 aromatic carbocycles. The minimum Gasteiger partial charge on any atom is -0.505 e. The molecule has 0 amide bonds. The van der Waals surface area contributed by atoms with Gasteiger partial charge in [-0.2, -0.15) is 15.3 Å². The van der Waals surface area contributed by atoms with Crippen LogP contribution in [0, 0.1) is 0 Å². The highest BCUT2D eigenvalue weighted by atomic mass is 35.5. The Bertz CT molecular complexity index is 2780. The molecule has 0 saturated carbocycles. The van der Waals surface area contributed by atoms with Crippen molar-refractivity contribution in [1.82, 2.24) is 60.1 Å². The van der Waals surface area contributed by atoms with Crippen LogP contribution in [0.15, 0.2) is 72.0 Å². The Hall–Kier alpha value is -7.56. The van der Waals surface area contributed by atoms with E-state index in [2.05, 4.69) is 51.0 Å². The summed E-state index contributed by atoms with van der Waals surface area (Å²) in [5, 5.41) is 48.8. The number of nitrogens with one attached hydrogen (secondary N) is 2. The number of para-hydroxylation sites is 2. The van der Waals surface area contributed by atoms with Gasteiger partial charge in [0.2, 0.25) is 5.69 Å². The molecule has 5 aromatic heterocycles. The lowest BCUT2D eigenvalue weighted by Gasteiger charge is -2.15. The maximum atomic E-state index is 11.8. The Labute approximate surface area is 365 Å². The van der Waals surface area contributed by atoms with Crippen LogP contribution in [-0.2, 0) is 14.1 Å². The average molecular weight is 910 g/mol. The highest BCUT2D eigenvalue weighted by Crippen LogP contribution is 2.37. The molecule has 25 heteroatoms. The molecule has 7 rings (SSSR count). The number of carboxylic acid groups (broad SMARTS) is 1. The number of H-pyrrole nitrogens is 1. The van der Waals surface area contributed by atoms with Gasteiger partial charge >= 0.3 is 5.97 Å². The highest BCUT2D eigenvalue weighted by Gasteiger charge is 2.18. The van der Waals surface area contributed by atoms with Crippen LogP contribution in [0.25, 0.3) is 22.8 Å². The first kappa shape index (κ1) is 47.1. The second-order valence-electron chi connectivity index (χ2n) is 12.1. The number of aromatic hydroxyl groups is 1. The van der Waals surface area contributed by atoms with Gasteiger partial charge in [0.05, 0.1) is 47.4 Å². The zero-order valence-electron chi connectivity index (χ0n) is 33.3. The fraction of sp³-hybridized carbons (Fsp3) is 0.162. The zero-order valence-corrected chi connectivity index (χ0v) is 35.6. The molecule has 0 aliphatic heterocycles. The number of halogens is 3. The van der Waals surface area contributed by atoms with Crippen molar-refractivity contribution < 1.29 is 34.1 Å². The predicted octanol–water partition coefficient (Wildman–Crippen LogP) is 5.11. The maximum Gasteiger partial charge on any atom is 0.360 e. The Morgan fingerprint density at radius 1 is 0.742 bits per heavy atom. The first-order chi connectivity index (χ1) is 29.4. The number of ether oxygens (including phenoxy) is 2. The van der Waals surface area contributed by atoms with Crippen LogP contribution in [0.4, 0.5) is 17.1 Å². The SMILES string of the molecule is CC(=O)c1nnc(Cl)cc1Cl.COc1c(N)cccc1-c1ncn(C)n1.COc1c(Nc2cc(Cl)nnc2C(C)=O)cccc1-c1ncn(C)n1.O=C(O)c1n[nH]c(=O)cc1O. The van der Waals surface area contributed by atoms with E-state index in [1.165, 1.54) is 26.0 Å². The van der Waals surface area contributed by atoms with Gasteiger partial charge < -0.3 is 30.7 Å². The first-order valence-electron chi connectivity index (χ1n) is 17.3. The normalized spacial score (nSPS) is 10.1. The highest BCUT2D eigenvalue weighted by molar-refractivity contribution is 6.35. The van der Waals surface area contributed by atoms with E-state index in [-0.39, 0.29) is 38.3 Å². The lowest BCUT2D eigenvalue weighted by atomic mass is 10.1. The van der Waals surface area contributed by atoms with Gasteiger partial charge in [0.25, 0.3) is 5.56 Å². The Morgan fingerprint density at radius 2 is 1.27 bits per heavy atom. The third kappa shape index (κ3) is 12.5. The number of anilines is 3.